The molecular formula is C71H46F2N4. The molecule has 11 aromatic carbocycles. The molecule has 0 amide bonds. The van der Waals surface area contributed by atoms with E-state index in [-0.39, 0.29) is 11.6 Å². The van der Waals surface area contributed by atoms with Crippen LogP contribution in [0.25, 0.3) is 66.0 Å². The summed E-state index contributed by atoms with van der Waals surface area (Å²) >= 11 is 0. The van der Waals surface area contributed by atoms with Crippen molar-refractivity contribution in [1.29, 1.82) is 0 Å². The number of aromatic nitrogens is 2. The minimum absolute atomic E-state index is 0.291. The van der Waals surface area contributed by atoms with Crippen molar-refractivity contribution in [2.24, 2.45) is 0 Å². The second kappa shape index (κ2) is 18.7. The van der Waals surface area contributed by atoms with Crippen molar-refractivity contribution < 1.29 is 8.78 Å². The van der Waals surface area contributed by atoms with E-state index >= 15 is 0 Å². The molecule has 0 bridgehead atoms. The van der Waals surface area contributed by atoms with Crippen LogP contribution in [0.3, 0.4) is 0 Å². The van der Waals surface area contributed by atoms with Crippen molar-refractivity contribution in [2.75, 3.05) is 9.80 Å². The van der Waals surface area contributed by atoms with E-state index in [9.17, 15) is 8.78 Å². The smallest absolute Gasteiger partial charge is 0.123 e. The Hall–Kier alpha value is -10.0. The summed E-state index contributed by atoms with van der Waals surface area (Å²) in [6.07, 6.45) is 3.84. The molecule has 1 aliphatic rings. The number of benzene rings is 11. The Kier molecular flexibility index (Phi) is 11.1. The molecule has 77 heavy (non-hydrogen) atoms. The molecule has 0 N–H and O–H groups in total. The Bertz CT molecular complexity index is 4300. The monoisotopic (exact) mass is 992 g/mol. The van der Waals surface area contributed by atoms with Gasteiger partial charge in [-0.2, -0.15) is 0 Å². The fraction of sp³-hybridized carbons (Fsp3) is 0.0141. The third kappa shape index (κ3) is 7.80. The van der Waals surface area contributed by atoms with Crippen LogP contribution in [0.15, 0.2) is 279 Å². The highest BCUT2D eigenvalue weighted by Gasteiger charge is 2.47. The lowest BCUT2D eigenvalue weighted by Crippen LogP contribution is -2.28. The standard InChI is InChI=1S/C71H46F2N4/c72-54-26-32-56(33-27-54)76(58-30-23-47-13-7-9-15-49(47)41-58)60-36-39-68(74-45-60)51-25-38-64-66(43-51)71(52-17-3-1-4-18-52,53-19-5-2-6-20-53)67-44-65(62-21-11-12-22-63(62)70(64)67)69-40-37-61(46-75-69)77(57-34-28-55(73)29-35-57)59-31-24-48-14-8-10-16-50(48)42-59/h1-46H. The molecule has 0 atom stereocenters. The second-order valence-electron chi connectivity index (χ2n) is 19.6. The zero-order chi connectivity index (χ0) is 51.5. The fourth-order valence-corrected chi connectivity index (χ4v) is 11.8. The molecule has 2 heterocycles. The van der Waals surface area contributed by atoms with Crippen LogP contribution < -0.4 is 9.80 Å². The Morgan fingerprint density at radius 1 is 0.312 bits per heavy atom. The van der Waals surface area contributed by atoms with Crippen molar-refractivity contribution >= 4 is 66.4 Å². The van der Waals surface area contributed by atoms with Crippen LogP contribution in [0.5, 0.6) is 0 Å². The maximum Gasteiger partial charge on any atom is 0.123 e. The van der Waals surface area contributed by atoms with Gasteiger partial charge < -0.3 is 9.80 Å². The van der Waals surface area contributed by atoms with Crippen LogP contribution in [0.4, 0.5) is 42.9 Å². The number of hydrogen-bond donors (Lipinski definition) is 0. The van der Waals surface area contributed by atoms with Gasteiger partial charge in [-0.25, -0.2) is 8.78 Å². The Morgan fingerprint density at radius 2 is 0.766 bits per heavy atom. The van der Waals surface area contributed by atoms with Crippen LogP contribution in [0.2, 0.25) is 0 Å². The predicted molar refractivity (Wildman–Crippen MR) is 312 cm³/mol. The maximum absolute atomic E-state index is 14.4. The maximum atomic E-state index is 14.4. The zero-order valence-electron chi connectivity index (χ0n) is 41.6. The summed E-state index contributed by atoms with van der Waals surface area (Å²) in [6.45, 7) is 0. The minimum Gasteiger partial charge on any atom is -0.309 e. The normalized spacial score (nSPS) is 12.4. The Morgan fingerprint density at radius 3 is 1.29 bits per heavy atom. The highest BCUT2D eigenvalue weighted by Crippen LogP contribution is 2.59. The second-order valence-corrected chi connectivity index (χ2v) is 19.6. The van der Waals surface area contributed by atoms with Gasteiger partial charge in [0.2, 0.25) is 0 Å². The fourth-order valence-electron chi connectivity index (χ4n) is 11.8. The van der Waals surface area contributed by atoms with Crippen molar-refractivity contribution in [3.8, 4) is 33.6 Å². The van der Waals surface area contributed by atoms with Gasteiger partial charge in [0, 0.05) is 33.9 Å². The lowest BCUT2D eigenvalue weighted by Gasteiger charge is -2.34. The molecule has 2 aromatic heterocycles. The summed E-state index contributed by atoms with van der Waals surface area (Å²) < 4.78 is 28.8. The van der Waals surface area contributed by atoms with Crippen LogP contribution in [-0.4, -0.2) is 9.97 Å². The first kappa shape index (κ1) is 45.6. The molecule has 13 aromatic rings. The van der Waals surface area contributed by atoms with Gasteiger partial charge in [0.1, 0.15) is 11.6 Å². The summed E-state index contributed by atoms with van der Waals surface area (Å²) in [5.74, 6) is -0.583. The van der Waals surface area contributed by atoms with E-state index in [0.29, 0.717) is 0 Å². The molecular weight excluding hydrogens is 947 g/mol. The molecule has 0 aliphatic heterocycles. The average molecular weight is 993 g/mol. The van der Waals surface area contributed by atoms with Gasteiger partial charge in [-0.05, 0) is 175 Å². The summed E-state index contributed by atoms with van der Waals surface area (Å²) in [5, 5.41) is 6.73. The number of halogens is 2. The van der Waals surface area contributed by atoms with E-state index < -0.39 is 5.41 Å². The molecule has 0 unspecified atom stereocenters. The third-order valence-electron chi connectivity index (χ3n) is 15.3. The third-order valence-corrected chi connectivity index (χ3v) is 15.3. The molecule has 0 saturated heterocycles. The van der Waals surface area contributed by atoms with Crippen molar-refractivity contribution in [3.63, 3.8) is 0 Å². The van der Waals surface area contributed by atoms with Crippen LogP contribution in [-0.2, 0) is 5.41 Å². The molecule has 0 fully saturated rings. The van der Waals surface area contributed by atoms with Crippen LogP contribution >= 0.6 is 0 Å². The summed E-state index contributed by atoms with van der Waals surface area (Å²) in [6, 6.07) is 90.6. The van der Waals surface area contributed by atoms with Gasteiger partial charge in [0.15, 0.2) is 0 Å². The van der Waals surface area contributed by atoms with E-state index in [4.69, 9.17) is 9.97 Å². The van der Waals surface area contributed by atoms with Crippen molar-refractivity contribution in [3.05, 3.63) is 313 Å². The van der Waals surface area contributed by atoms with E-state index in [1.54, 1.807) is 12.1 Å². The molecule has 1 aliphatic carbocycles. The molecule has 0 radical (unpaired) electrons. The van der Waals surface area contributed by atoms with Crippen molar-refractivity contribution in [2.45, 2.75) is 5.41 Å². The number of fused-ring (bicyclic) bond motifs is 7. The molecule has 364 valence electrons. The lowest BCUT2D eigenvalue weighted by atomic mass is 9.67. The van der Waals surface area contributed by atoms with E-state index in [0.717, 1.165) is 111 Å². The van der Waals surface area contributed by atoms with Crippen LogP contribution in [0, 0.1) is 11.6 Å². The predicted octanol–water partition coefficient (Wildman–Crippen LogP) is 18.9. The summed E-state index contributed by atoms with van der Waals surface area (Å²) in [7, 11) is 0. The van der Waals surface area contributed by atoms with Gasteiger partial charge in [-0.1, -0.05) is 158 Å². The van der Waals surface area contributed by atoms with E-state index in [2.05, 4.69) is 204 Å². The minimum atomic E-state index is -0.743. The molecule has 14 rings (SSSR count). The highest BCUT2D eigenvalue weighted by molar-refractivity contribution is 6.10. The van der Waals surface area contributed by atoms with Gasteiger partial charge >= 0.3 is 0 Å². The number of hydrogen-bond acceptors (Lipinski definition) is 4. The quantitative estimate of drug-likeness (QED) is 0.137. The molecule has 0 spiro atoms. The number of rotatable bonds is 10. The molecule has 4 nitrogen and oxygen atoms in total. The summed E-state index contributed by atoms with van der Waals surface area (Å²) in [4.78, 5) is 14.8. The van der Waals surface area contributed by atoms with Gasteiger partial charge in [0.25, 0.3) is 0 Å². The summed E-state index contributed by atoms with van der Waals surface area (Å²) in [5.41, 5.74) is 15.1. The number of anilines is 6. The van der Waals surface area contributed by atoms with E-state index in [1.807, 2.05) is 48.8 Å². The largest absolute Gasteiger partial charge is 0.309 e. The van der Waals surface area contributed by atoms with Gasteiger partial charge in [-0.3, -0.25) is 9.97 Å². The zero-order valence-corrected chi connectivity index (χ0v) is 41.6. The van der Waals surface area contributed by atoms with Crippen LogP contribution in [0.1, 0.15) is 22.3 Å². The van der Waals surface area contributed by atoms with Crippen molar-refractivity contribution in [1.82, 2.24) is 9.97 Å². The Labute approximate surface area is 445 Å². The topological polar surface area (TPSA) is 32.3 Å². The SMILES string of the molecule is Fc1ccc(N(c2ccc(-c3ccc4c(c3)C(c3ccccc3)(c3ccccc3)c3cc(-c5ccc(N(c6ccc(F)cc6)c6ccc7ccccc7c6)cn5)c5ccccc5c3-4)nc2)c2ccc3ccccc3c2)cc1. The van der Waals surface area contributed by atoms with Gasteiger partial charge in [-0.15, -0.1) is 0 Å². The average Bonchev–Trinajstić information content (AvgIpc) is 3.96. The van der Waals surface area contributed by atoms with Gasteiger partial charge in [0.05, 0.1) is 40.6 Å². The first-order valence-corrected chi connectivity index (χ1v) is 25.8. The lowest BCUT2D eigenvalue weighted by molar-refractivity contribution is 0.627. The molecule has 6 heteroatoms. The number of nitrogens with zero attached hydrogens (tertiary/aromatic N) is 4. The Balaban J connectivity index is 0.918. The highest BCUT2D eigenvalue weighted by atomic mass is 19.1. The first-order chi connectivity index (χ1) is 38.0. The van der Waals surface area contributed by atoms with E-state index in [1.165, 1.54) is 35.4 Å². The first-order valence-electron chi connectivity index (χ1n) is 25.8. The number of pyridine rings is 2. The molecule has 0 saturated carbocycles.